The molecule has 0 aromatic carbocycles. The molecule has 0 aliphatic carbocycles. The molecule has 2 aliphatic rings. The maximum absolute atomic E-state index is 13.4. The van der Waals surface area contributed by atoms with Gasteiger partial charge in [0.1, 0.15) is 11.9 Å². The quantitative estimate of drug-likeness (QED) is 0.804. The van der Waals surface area contributed by atoms with Crippen molar-refractivity contribution in [2.45, 2.75) is 25.6 Å². The normalized spacial score (nSPS) is 22.7. The standard InChI is InChI=1S/C18H26F3N5O/c1-13-3-7-26(12-13)16-10-14(2-4-23-16)17(27)24-11-15(18(19,20)21)25-8-5-22-6-9-25/h2,4,10,13,15,22H,3,5-9,11-12H2,1H3,(H,24,27). The number of alkyl halides is 3. The highest BCUT2D eigenvalue weighted by molar-refractivity contribution is 5.94. The Balaban J connectivity index is 1.63. The van der Waals surface area contributed by atoms with Gasteiger partial charge in [-0.3, -0.25) is 9.69 Å². The number of carbonyl (C=O) groups is 1. The molecule has 9 heteroatoms. The molecule has 0 bridgehead atoms. The molecule has 27 heavy (non-hydrogen) atoms. The van der Waals surface area contributed by atoms with Crippen molar-refractivity contribution in [3.05, 3.63) is 23.9 Å². The third kappa shape index (κ3) is 5.10. The number of nitrogens with one attached hydrogen (secondary N) is 2. The highest BCUT2D eigenvalue weighted by atomic mass is 19.4. The van der Waals surface area contributed by atoms with Crippen LogP contribution in [0.2, 0.25) is 0 Å². The molecule has 2 saturated heterocycles. The lowest BCUT2D eigenvalue weighted by Gasteiger charge is -2.35. The molecule has 0 spiro atoms. The van der Waals surface area contributed by atoms with Crippen molar-refractivity contribution in [2.75, 3.05) is 50.7 Å². The van der Waals surface area contributed by atoms with Gasteiger partial charge < -0.3 is 15.5 Å². The predicted octanol–water partition coefficient (Wildman–Crippen LogP) is 1.49. The van der Waals surface area contributed by atoms with Crippen molar-refractivity contribution in [1.82, 2.24) is 20.5 Å². The fraction of sp³-hybridized carbons (Fsp3) is 0.667. The van der Waals surface area contributed by atoms with Gasteiger partial charge in [-0.1, -0.05) is 6.92 Å². The molecule has 3 heterocycles. The van der Waals surface area contributed by atoms with Crippen molar-refractivity contribution >= 4 is 11.7 Å². The summed E-state index contributed by atoms with van der Waals surface area (Å²) in [7, 11) is 0. The number of amides is 1. The predicted molar refractivity (Wildman–Crippen MR) is 96.8 cm³/mol. The van der Waals surface area contributed by atoms with Gasteiger partial charge in [-0.2, -0.15) is 13.2 Å². The Hall–Kier alpha value is -1.87. The number of nitrogens with zero attached hydrogens (tertiary/aromatic N) is 3. The van der Waals surface area contributed by atoms with Crippen LogP contribution >= 0.6 is 0 Å². The lowest BCUT2D eigenvalue weighted by Crippen LogP contribution is -2.57. The molecule has 2 fully saturated rings. The molecule has 0 saturated carbocycles. The zero-order valence-corrected chi connectivity index (χ0v) is 15.4. The van der Waals surface area contributed by atoms with Crippen molar-refractivity contribution in [2.24, 2.45) is 5.92 Å². The first-order valence-electron chi connectivity index (χ1n) is 9.35. The second-order valence-electron chi connectivity index (χ2n) is 7.30. The summed E-state index contributed by atoms with van der Waals surface area (Å²) in [6, 6.07) is 1.51. The van der Waals surface area contributed by atoms with Crippen LogP contribution in [-0.4, -0.2) is 73.8 Å². The van der Waals surface area contributed by atoms with E-state index < -0.39 is 24.7 Å². The van der Waals surface area contributed by atoms with Gasteiger partial charge in [-0.05, 0) is 24.5 Å². The van der Waals surface area contributed by atoms with E-state index in [1.54, 1.807) is 6.07 Å². The minimum absolute atomic E-state index is 0.312. The van der Waals surface area contributed by atoms with E-state index in [1.165, 1.54) is 17.2 Å². The first kappa shape index (κ1) is 19.9. The zero-order valence-electron chi connectivity index (χ0n) is 15.4. The number of hydrogen-bond donors (Lipinski definition) is 2. The molecule has 1 amide bonds. The monoisotopic (exact) mass is 385 g/mol. The Morgan fingerprint density at radius 1 is 1.37 bits per heavy atom. The molecule has 1 aromatic heterocycles. The van der Waals surface area contributed by atoms with Crippen molar-refractivity contribution < 1.29 is 18.0 Å². The van der Waals surface area contributed by atoms with Gasteiger partial charge in [0.15, 0.2) is 0 Å². The van der Waals surface area contributed by atoms with E-state index in [1.807, 2.05) is 0 Å². The van der Waals surface area contributed by atoms with Gasteiger partial charge in [0.2, 0.25) is 0 Å². The lowest BCUT2D eigenvalue weighted by atomic mass is 10.2. The van der Waals surface area contributed by atoms with Crippen molar-refractivity contribution in [1.29, 1.82) is 0 Å². The van der Waals surface area contributed by atoms with Crippen LogP contribution in [0.25, 0.3) is 0 Å². The maximum Gasteiger partial charge on any atom is 0.405 e. The van der Waals surface area contributed by atoms with Crippen molar-refractivity contribution in [3.63, 3.8) is 0 Å². The third-order valence-corrected chi connectivity index (χ3v) is 5.18. The number of anilines is 1. The van der Waals surface area contributed by atoms with Gasteiger partial charge in [0, 0.05) is 57.6 Å². The summed E-state index contributed by atoms with van der Waals surface area (Å²) >= 11 is 0. The number of carbonyl (C=O) groups excluding carboxylic acids is 1. The number of pyridine rings is 1. The van der Waals surface area contributed by atoms with Crippen LogP contribution in [0.4, 0.5) is 19.0 Å². The average molecular weight is 385 g/mol. The van der Waals surface area contributed by atoms with Gasteiger partial charge in [-0.25, -0.2) is 4.98 Å². The van der Waals surface area contributed by atoms with Crippen LogP contribution in [0.15, 0.2) is 18.3 Å². The minimum atomic E-state index is -4.39. The van der Waals surface area contributed by atoms with E-state index in [4.69, 9.17) is 0 Å². The lowest BCUT2D eigenvalue weighted by molar-refractivity contribution is -0.183. The fourth-order valence-electron chi connectivity index (χ4n) is 3.61. The molecule has 6 nitrogen and oxygen atoms in total. The summed E-state index contributed by atoms with van der Waals surface area (Å²) < 4.78 is 40.3. The SMILES string of the molecule is CC1CCN(c2cc(C(=O)NCC(N3CCNCC3)C(F)(F)F)ccn2)C1. The minimum Gasteiger partial charge on any atom is -0.356 e. The first-order chi connectivity index (χ1) is 12.8. The Morgan fingerprint density at radius 3 is 2.74 bits per heavy atom. The van der Waals surface area contributed by atoms with Crippen LogP contribution in [0.3, 0.4) is 0 Å². The Labute approximate surface area is 157 Å². The molecule has 2 atom stereocenters. The van der Waals surface area contributed by atoms with Crippen LogP contribution in [-0.2, 0) is 0 Å². The van der Waals surface area contributed by atoms with E-state index in [2.05, 4.69) is 27.4 Å². The van der Waals surface area contributed by atoms with Crippen molar-refractivity contribution in [3.8, 4) is 0 Å². The van der Waals surface area contributed by atoms with Gasteiger partial charge in [0.25, 0.3) is 5.91 Å². The number of rotatable bonds is 5. The van der Waals surface area contributed by atoms with Crippen LogP contribution in [0, 0.1) is 5.92 Å². The largest absolute Gasteiger partial charge is 0.405 e. The summed E-state index contributed by atoms with van der Waals surface area (Å²) in [6.07, 6.45) is -1.79. The molecule has 0 radical (unpaired) electrons. The highest BCUT2D eigenvalue weighted by Gasteiger charge is 2.43. The Morgan fingerprint density at radius 2 is 2.11 bits per heavy atom. The molecular formula is C18H26F3N5O. The molecule has 1 aromatic rings. The summed E-state index contributed by atoms with van der Waals surface area (Å²) in [5.74, 6) is 0.757. The summed E-state index contributed by atoms with van der Waals surface area (Å²) in [6.45, 7) is 5.10. The molecular weight excluding hydrogens is 359 g/mol. The maximum atomic E-state index is 13.4. The number of halogens is 3. The van der Waals surface area contributed by atoms with Gasteiger partial charge in [-0.15, -0.1) is 0 Å². The van der Waals surface area contributed by atoms with E-state index in [9.17, 15) is 18.0 Å². The van der Waals surface area contributed by atoms with E-state index in [0.29, 0.717) is 43.5 Å². The fourth-order valence-corrected chi connectivity index (χ4v) is 3.61. The van der Waals surface area contributed by atoms with Crippen LogP contribution < -0.4 is 15.5 Å². The summed E-state index contributed by atoms with van der Waals surface area (Å²) in [5.41, 5.74) is 0.334. The molecule has 3 rings (SSSR count). The van der Waals surface area contributed by atoms with Gasteiger partial charge >= 0.3 is 6.18 Å². The molecule has 2 N–H and O–H groups in total. The van der Waals surface area contributed by atoms with E-state index in [0.717, 1.165) is 19.5 Å². The number of piperazine rings is 1. The molecule has 2 unspecified atom stereocenters. The summed E-state index contributed by atoms with van der Waals surface area (Å²) in [4.78, 5) is 20.2. The summed E-state index contributed by atoms with van der Waals surface area (Å²) in [5, 5.41) is 5.50. The number of hydrogen-bond acceptors (Lipinski definition) is 5. The van der Waals surface area contributed by atoms with Crippen LogP contribution in [0.5, 0.6) is 0 Å². The smallest absolute Gasteiger partial charge is 0.356 e. The molecule has 2 aliphatic heterocycles. The highest BCUT2D eigenvalue weighted by Crippen LogP contribution is 2.25. The molecule has 150 valence electrons. The van der Waals surface area contributed by atoms with E-state index in [-0.39, 0.29) is 0 Å². The number of aromatic nitrogens is 1. The second-order valence-corrected chi connectivity index (χ2v) is 7.30. The van der Waals surface area contributed by atoms with E-state index >= 15 is 0 Å². The topological polar surface area (TPSA) is 60.5 Å². The Bertz CT molecular complexity index is 648. The second kappa shape index (κ2) is 8.43. The Kier molecular flexibility index (Phi) is 6.21. The zero-order chi connectivity index (χ0) is 19.4. The third-order valence-electron chi connectivity index (χ3n) is 5.18. The first-order valence-corrected chi connectivity index (χ1v) is 9.35. The van der Waals surface area contributed by atoms with Gasteiger partial charge in [0.05, 0.1) is 0 Å². The average Bonchev–Trinajstić information content (AvgIpc) is 3.08. The van der Waals surface area contributed by atoms with Crippen LogP contribution in [0.1, 0.15) is 23.7 Å².